The zero-order valence-corrected chi connectivity index (χ0v) is 14.9. The summed E-state index contributed by atoms with van der Waals surface area (Å²) in [6.45, 7) is 1.88. The minimum absolute atomic E-state index is 0.0907. The number of aryl methyl sites for hydroxylation is 1. The smallest absolute Gasteiger partial charge is 0.275 e. The fraction of sp³-hybridized carbons (Fsp3) is 0.0870. The molecule has 132 valence electrons. The molecule has 4 aromatic rings. The minimum atomic E-state index is -0.259. The van der Waals surface area contributed by atoms with E-state index in [1.807, 2.05) is 67.6 Å². The van der Waals surface area contributed by atoms with Crippen LogP contribution in [0, 0.1) is 6.92 Å². The molecule has 0 atom stereocenters. The van der Waals surface area contributed by atoms with E-state index in [9.17, 15) is 9.59 Å². The van der Waals surface area contributed by atoms with Gasteiger partial charge in [-0.15, -0.1) is 0 Å². The predicted octanol–water partition coefficient (Wildman–Crippen LogP) is 4.25. The van der Waals surface area contributed by atoms with Crippen LogP contribution < -0.4 is 5.56 Å². The monoisotopic (exact) mass is 354 g/mol. The Morgan fingerprint density at radius 1 is 0.852 bits per heavy atom. The van der Waals surface area contributed by atoms with Gasteiger partial charge in [0.2, 0.25) is 0 Å². The van der Waals surface area contributed by atoms with Crippen molar-refractivity contribution in [3.05, 3.63) is 100 Å². The average Bonchev–Trinajstić information content (AvgIpc) is 2.71. The number of hydrogen-bond acceptors (Lipinski definition) is 3. The molecule has 1 heterocycles. The largest absolute Gasteiger partial charge is 0.292 e. The standard InChI is InChI=1S/C23H18N2O2/c1-16-11-13-17(14-12-16)21(26)15-25-23(27)20-10-6-5-9-19(20)22(24-25)18-7-3-2-4-8-18/h2-14H,15H2,1H3. The zero-order valence-electron chi connectivity index (χ0n) is 14.9. The first kappa shape index (κ1) is 16.9. The van der Waals surface area contributed by atoms with Crippen molar-refractivity contribution < 1.29 is 4.79 Å². The third-order valence-corrected chi connectivity index (χ3v) is 4.58. The number of hydrogen-bond donors (Lipinski definition) is 0. The highest BCUT2D eigenvalue weighted by Crippen LogP contribution is 2.24. The molecule has 0 amide bonds. The van der Waals surface area contributed by atoms with E-state index in [-0.39, 0.29) is 17.9 Å². The summed E-state index contributed by atoms with van der Waals surface area (Å²) in [4.78, 5) is 25.5. The van der Waals surface area contributed by atoms with E-state index in [1.165, 1.54) is 4.68 Å². The highest BCUT2D eigenvalue weighted by atomic mass is 16.1. The maximum Gasteiger partial charge on any atom is 0.275 e. The van der Waals surface area contributed by atoms with Crippen LogP contribution in [0.5, 0.6) is 0 Å². The van der Waals surface area contributed by atoms with Gasteiger partial charge >= 0.3 is 0 Å². The van der Waals surface area contributed by atoms with E-state index in [0.717, 1.165) is 16.5 Å². The van der Waals surface area contributed by atoms with Gasteiger partial charge < -0.3 is 0 Å². The zero-order chi connectivity index (χ0) is 18.8. The molecule has 0 aliphatic rings. The fourth-order valence-corrected chi connectivity index (χ4v) is 3.12. The first-order valence-electron chi connectivity index (χ1n) is 8.78. The number of nitrogens with zero attached hydrogens (tertiary/aromatic N) is 2. The second-order valence-corrected chi connectivity index (χ2v) is 6.51. The van der Waals surface area contributed by atoms with E-state index >= 15 is 0 Å². The molecular weight excluding hydrogens is 336 g/mol. The molecule has 0 fully saturated rings. The third-order valence-electron chi connectivity index (χ3n) is 4.58. The molecule has 0 unspecified atom stereocenters. The lowest BCUT2D eigenvalue weighted by molar-refractivity contribution is 0.0966. The van der Waals surface area contributed by atoms with Crippen LogP contribution in [0.25, 0.3) is 22.0 Å². The molecule has 0 spiro atoms. The molecule has 4 nitrogen and oxygen atoms in total. The van der Waals surface area contributed by atoms with Gasteiger partial charge in [-0.1, -0.05) is 78.4 Å². The number of benzene rings is 3. The summed E-state index contributed by atoms with van der Waals surface area (Å²) in [7, 11) is 0. The van der Waals surface area contributed by atoms with E-state index in [4.69, 9.17) is 0 Å². The van der Waals surface area contributed by atoms with Crippen molar-refractivity contribution in [2.24, 2.45) is 0 Å². The van der Waals surface area contributed by atoms with Crippen molar-refractivity contribution in [1.29, 1.82) is 0 Å². The van der Waals surface area contributed by atoms with Crippen LogP contribution in [0.15, 0.2) is 83.7 Å². The molecule has 0 aliphatic heterocycles. The topological polar surface area (TPSA) is 52.0 Å². The molecule has 27 heavy (non-hydrogen) atoms. The van der Waals surface area contributed by atoms with Crippen LogP contribution in [0.4, 0.5) is 0 Å². The van der Waals surface area contributed by atoms with E-state index in [1.54, 1.807) is 18.2 Å². The van der Waals surface area contributed by atoms with Gasteiger partial charge in [0.05, 0.1) is 11.1 Å². The summed E-state index contributed by atoms with van der Waals surface area (Å²) in [5.74, 6) is -0.140. The van der Waals surface area contributed by atoms with E-state index < -0.39 is 0 Å². The van der Waals surface area contributed by atoms with Crippen LogP contribution in [-0.4, -0.2) is 15.6 Å². The Hall–Kier alpha value is -3.53. The Labute approximate surface area is 156 Å². The number of Topliss-reactive ketones (excluding diaryl/α,β-unsaturated/α-hetero) is 1. The highest BCUT2D eigenvalue weighted by molar-refractivity contribution is 5.97. The summed E-state index contributed by atoms with van der Waals surface area (Å²) in [6.07, 6.45) is 0. The normalized spacial score (nSPS) is 10.9. The lowest BCUT2D eigenvalue weighted by Crippen LogP contribution is -2.27. The quantitative estimate of drug-likeness (QED) is 0.515. The molecule has 0 aliphatic carbocycles. The van der Waals surface area contributed by atoms with Crippen molar-refractivity contribution in [2.75, 3.05) is 0 Å². The summed E-state index contributed by atoms with van der Waals surface area (Å²) in [5.41, 5.74) is 3.00. The molecular formula is C23H18N2O2. The number of ketones is 1. The van der Waals surface area contributed by atoms with Crippen LogP contribution in [0.2, 0.25) is 0 Å². The SMILES string of the molecule is Cc1ccc(C(=O)Cn2nc(-c3ccccc3)c3ccccc3c2=O)cc1. The Balaban J connectivity index is 1.84. The van der Waals surface area contributed by atoms with Crippen LogP contribution >= 0.6 is 0 Å². The first-order chi connectivity index (χ1) is 13.1. The molecule has 4 heteroatoms. The van der Waals surface area contributed by atoms with Gasteiger partial charge in [0.15, 0.2) is 5.78 Å². The average molecular weight is 354 g/mol. The van der Waals surface area contributed by atoms with Crippen molar-refractivity contribution >= 4 is 16.6 Å². The Morgan fingerprint density at radius 3 is 2.19 bits per heavy atom. The fourth-order valence-electron chi connectivity index (χ4n) is 3.12. The maximum absolute atomic E-state index is 12.9. The number of fused-ring (bicyclic) bond motifs is 1. The Bertz CT molecular complexity index is 1180. The highest BCUT2D eigenvalue weighted by Gasteiger charge is 2.15. The summed E-state index contributed by atoms with van der Waals surface area (Å²) >= 11 is 0. The second-order valence-electron chi connectivity index (χ2n) is 6.51. The van der Waals surface area contributed by atoms with Gasteiger partial charge in [0, 0.05) is 16.5 Å². The maximum atomic E-state index is 12.9. The van der Waals surface area contributed by atoms with Crippen molar-refractivity contribution in [2.45, 2.75) is 13.5 Å². The van der Waals surface area contributed by atoms with Crippen molar-refractivity contribution in [3.8, 4) is 11.3 Å². The number of rotatable bonds is 4. The van der Waals surface area contributed by atoms with Crippen LogP contribution in [-0.2, 0) is 6.54 Å². The molecule has 0 radical (unpaired) electrons. The molecule has 3 aromatic carbocycles. The molecule has 1 aromatic heterocycles. The number of carbonyl (C=O) groups is 1. The number of aromatic nitrogens is 2. The van der Waals surface area contributed by atoms with Crippen molar-refractivity contribution in [1.82, 2.24) is 9.78 Å². The lowest BCUT2D eigenvalue weighted by atomic mass is 10.0. The van der Waals surface area contributed by atoms with E-state index in [0.29, 0.717) is 16.6 Å². The van der Waals surface area contributed by atoms with E-state index in [2.05, 4.69) is 5.10 Å². The molecule has 0 saturated heterocycles. The lowest BCUT2D eigenvalue weighted by Gasteiger charge is -2.11. The summed E-state index contributed by atoms with van der Waals surface area (Å²) in [6, 6.07) is 24.4. The minimum Gasteiger partial charge on any atom is -0.292 e. The second kappa shape index (κ2) is 7.00. The van der Waals surface area contributed by atoms with Gasteiger partial charge in [-0.25, -0.2) is 4.68 Å². The van der Waals surface area contributed by atoms with Crippen molar-refractivity contribution in [3.63, 3.8) is 0 Å². The molecule has 0 saturated carbocycles. The third kappa shape index (κ3) is 3.29. The summed E-state index contributed by atoms with van der Waals surface area (Å²) < 4.78 is 1.27. The van der Waals surface area contributed by atoms with Gasteiger partial charge in [-0.2, -0.15) is 5.10 Å². The van der Waals surface area contributed by atoms with Gasteiger partial charge in [-0.3, -0.25) is 9.59 Å². The van der Waals surface area contributed by atoms with Gasteiger partial charge in [0.1, 0.15) is 6.54 Å². The predicted molar refractivity (Wildman–Crippen MR) is 107 cm³/mol. The van der Waals surface area contributed by atoms with Gasteiger partial charge in [-0.05, 0) is 13.0 Å². The first-order valence-corrected chi connectivity index (χ1v) is 8.78. The Kier molecular flexibility index (Phi) is 4.38. The summed E-state index contributed by atoms with van der Waals surface area (Å²) in [5, 5.41) is 5.88. The Morgan fingerprint density at radius 2 is 1.48 bits per heavy atom. The molecule has 4 rings (SSSR count). The van der Waals surface area contributed by atoms with Gasteiger partial charge in [0.25, 0.3) is 5.56 Å². The number of carbonyl (C=O) groups excluding carboxylic acids is 1. The van der Waals surface area contributed by atoms with Crippen LogP contribution in [0.3, 0.4) is 0 Å². The van der Waals surface area contributed by atoms with Crippen LogP contribution in [0.1, 0.15) is 15.9 Å². The molecule has 0 bridgehead atoms. The molecule has 0 N–H and O–H groups in total.